The highest BCUT2D eigenvalue weighted by Crippen LogP contribution is 2.55. The van der Waals surface area contributed by atoms with Crippen molar-refractivity contribution in [2.75, 3.05) is 75.2 Å². The number of imide groups is 2. The molecule has 2 N–H and O–H groups in total. The van der Waals surface area contributed by atoms with Crippen LogP contribution in [0.3, 0.4) is 0 Å². The second-order valence-electron chi connectivity index (χ2n) is 17.7. The van der Waals surface area contributed by atoms with E-state index in [0.29, 0.717) is 33.0 Å². The van der Waals surface area contributed by atoms with Gasteiger partial charge >= 0.3 is 0 Å². The molecule has 3 saturated heterocycles. The van der Waals surface area contributed by atoms with Gasteiger partial charge in [-0.2, -0.15) is 5.26 Å². The minimum Gasteiger partial charge on any atom is -0.489 e. The van der Waals surface area contributed by atoms with Crippen molar-refractivity contribution in [2.45, 2.75) is 58.7 Å². The van der Waals surface area contributed by atoms with Gasteiger partial charge in [-0.1, -0.05) is 39.3 Å². The second-order valence-corrected chi connectivity index (χ2v) is 18.1. The van der Waals surface area contributed by atoms with Gasteiger partial charge in [-0.05, 0) is 61.0 Å². The quantitative estimate of drug-likeness (QED) is 0.283. The third kappa shape index (κ3) is 7.70. The molecule has 1 aliphatic carbocycles. The van der Waals surface area contributed by atoms with Gasteiger partial charge in [0.1, 0.15) is 24.0 Å². The average molecular weight is 835 g/mol. The zero-order chi connectivity index (χ0) is 42.5. The van der Waals surface area contributed by atoms with Crippen LogP contribution in [-0.4, -0.2) is 128 Å². The number of nitrogens with one attached hydrogen (secondary N) is 2. The lowest BCUT2D eigenvalue weighted by atomic mass is 9.49. The molecule has 4 heterocycles. The van der Waals surface area contributed by atoms with E-state index in [1.807, 2.05) is 30.3 Å². The summed E-state index contributed by atoms with van der Waals surface area (Å²) in [6, 6.07) is 19.2. The molecule has 5 aliphatic rings. The molecule has 314 valence electrons. The lowest BCUT2D eigenvalue weighted by molar-refractivity contribution is -0.164. The van der Waals surface area contributed by atoms with Crippen molar-refractivity contribution < 1.29 is 28.7 Å². The molecule has 0 radical (unpaired) electrons. The Morgan fingerprint density at radius 2 is 1.38 bits per heavy atom. The highest BCUT2D eigenvalue weighted by molar-refractivity contribution is 6.31. The number of halogens is 1. The molecule has 1 unspecified atom stereocenters. The summed E-state index contributed by atoms with van der Waals surface area (Å²) >= 11 is 6.25. The summed E-state index contributed by atoms with van der Waals surface area (Å²) in [6.07, 6.45) is 0.0430. The van der Waals surface area contributed by atoms with Crippen molar-refractivity contribution >= 4 is 52.5 Å². The van der Waals surface area contributed by atoms with Crippen LogP contribution in [0.25, 0.3) is 0 Å². The zero-order valence-electron chi connectivity index (χ0n) is 34.5. The molecular weight excluding hydrogens is 784 g/mol. The van der Waals surface area contributed by atoms with E-state index in [9.17, 15) is 29.2 Å². The molecule has 15 heteroatoms. The first kappa shape index (κ1) is 41.3. The lowest BCUT2D eigenvalue weighted by Crippen LogP contribution is -2.74. The van der Waals surface area contributed by atoms with Crippen molar-refractivity contribution in [3.63, 3.8) is 0 Å². The molecule has 1 atom stereocenters. The van der Waals surface area contributed by atoms with Gasteiger partial charge in [0.2, 0.25) is 11.8 Å². The largest absolute Gasteiger partial charge is 0.489 e. The first-order chi connectivity index (χ1) is 28.6. The van der Waals surface area contributed by atoms with Gasteiger partial charge in [0, 0.05) is 112 Å². The van der Waals surface area contributed by atoms with Crippen molar-refractivity contribution in [3.05, 3.63) is 87.9 Å². The van der Waals surface area contributed by atoms with E-state index in [2.05, 4.69) is 64.0 Å². The number of rotatable bonds is 10. The van der Waals surface area contributed by atoms with Gasteiger partial charge in [-0.25, -0.2) is 0 Å². The highest BCUT2D eigenvalue weighted by atomic mass is 35.5. The van der Waals surface area contributed by atoms with Gasteiger partial charge in [-0.3, -0.25) is 44.0 Å². The maximum Gasteiger partial charge on any atom is 0.262 e. The predicted molar refractivity (Wildman–Crippen MR) is 226 cm³/mol. The number of nitrogens with zero attached hydrogens (tertiary/aromatic N) is 6. The number of piperazine rings is 2. The van der Waals surface area contributed by atoms with Gasteiger partial charge < -0.3 is 19.9 Å². The molecule has 4 fully saturated rings. The van der Waals surface area contributed by atoms with Gasteiger partial charge in [0.25, 0.3) is 17.7 Å². The Balaban J connectivity index is 0.769. The predicted octanol–water partition coefficient (Wildman–Crippen LogP) is 4.17. The Kier molecular flexibility index (Phi) is 11.1. The van der Waals surface area contributed by atoms with Crippen LogP contribution in [0.15, 0.2) is 60.7 Å². The molecule has 3 aromatic rings. The summed E-state index contributed by atoms with van der Waals surface area (Å²) in [5.41, 5.74) is 2.88. The van der Waals surface area contributed by atoms with E-state index in [1.165, 1.54) is 0 Å². The van der Waals surface area contributed by atoms with E-state index < -0.39 is 29.7 Å². The summed E-state index contributed by atoms with van der Waals surface area (Å²) in [5.74, 6) is -1.50. The lowest BCUT2D eigenvalue weighted by Gasteiger charge is -2.63. The zero-order valence-corrected chi connectivity index (χ0v) is 35.3. The van der Waals surface area contributed by atoms with Crippen LogP contribution in [0.1, 0.15) is 77.2 Å². The number of anilines is 2. The van der Waals surface area contributed by atoms with E-state index in [0.717, 1.165) is 81.7 Å². The van der Waals surface area contributed by atoms with Crippen molar-refractivity contribution in [3.8, 4) is 11.8 Å². The molecule has 8 rings (SSSR count). The summed E-state index contributed by atoms with van der Waals surface area (Å²) in [7, 11) is 0. The Labute approximate surface area is 355 Å². The maximum atomic E-state index is 13.5. The molecule has 1 saturated carbocycles. The van der Waals surface area contributed by atoms with Crippen molar-refractivity contribution in [1.29, 1.82) is 5.26 Å². The van der Waals surface area contributed by atoms with Gasteiger partial charge in [0.05, 0.1) is 21.7 Å². The fourth-order valence-electron chi connectivity index (χ4n) is 10.0. The number of nitriles is 1. The van der Waals surface area contributed by atoms with Crippen LogP contribution in [-0.2, 0) is 9.59 Å². The number of piperidine rings is 1. The smallest absolute Gasteiger partial charge is 0.262 e. The standard InChI is InChI=1S/C45H51ClN8O6/c1-44(2)42(45(3,4)43(44)60-32-11-7-29(27-47)35(46)26-32)49-38(56)28-5-8-30(9-6-28)52-21-17-50(18-22-52)15-16-51-19-23-53(24-20-51)31-10-12-33-34(25-31)41(59)54(40(33)58)36-13-14-37(55)48-39(36)57/h5-12,25-26,36,42-43H,13-24H2,1-4H3,(H,49,56)(H,48,55,57). The number of hydrogen-bond acceptors (Lipinski definition) is 11. The molecule has 0 spiro atoms. The minimum atomic E-state index is -0.975. The van der Waals surface area contributed by atoms with E-state index in [4.69, 9.17) is 16.3 Å². The summed E-state index contributed by atoms with van der Waals surface area (Å²) in [4.78, 5) is 74.6. The SMILES string of the molecule is CC1(C)C(NC(=O)c2ccc(N3CCN(CCN4CCN(c5ccc6c(c5)C(=O)N(C5CCC(=O)NC5=O)C6=O)CC4)CC3)cc2)C(C)(C)C1Oc1ccc(C#N)c(Cl)c1. The van der Waals surface area contributed by atoms with Gasteiger partial charge in [0.15, 0.2) is 0 Å². The molecule has 0 bridgehead atoms. The van der Waals surface area contributed by atoms with Crippen LogP contribution in [0, 0.1) is 22.2 Å². The van der Waals surface area contributed by atoms with Crippen LogP contribution < -0.4 is 25.2 Å². The summed E-state index contributed by atoms with van der Waals surface area (Å²) in [5, 5.41) is 15.1. The molecule has 4 aliphatic heterocycles. The Morgan fingerprint density at radius 1 is 0.800 bits per heavy atom. The van der Waals surface area contributed by atoms with Crippen LogP contribution in [0.2, 0.25) is 5.02 Å². The number of ether oxygens (including phenoxy) is 1. The minimum absolute atomic E-state index is 0.0898. The number of carbonyl (C=O) groups is 5. The van der Waals surface area contributed by atoms with Gasteiger partial charge in [-0.15, -0.1) is 0 Å². The average Bonchev–Trinajstić information content (AvgIpc) is 3.49. The Hall–Kier alpha value is -5.49. The molecule has 0 aromatic heterocycles. The molecule has 5 amide bonds. The number of hydrogen-bond donors (Lipinski definition) is 2. The first-order valence-corrected chi connectivity index (χ1v) is 21.1. The molecule has 3 aromatic carbocycles. The van der Waals surface area contributed by atoms with E-state index in [1.54, 1.807) is 30.3 Å². The monoisotopic (exact) mass is 834 g/mol. The molecular formula is C45H51ClN8O6. The van der Waals surface area contributed by atoms with Crippen molar-refractivity contribution in [1.82, 2.24) is 25.3 Å². The molecule has 60 heavy (non-hydrogen) atoms. The van der Waals surface area contributed by atoms with Crippen LogP contribution in [0.4, 0.5) is 11.4 Å². The number of fused-ring (bicyclic) bond motifs is 1. The first-order valence-electron chi connectivity index (χ1n) is 20.7. The van der Waals surface area contributed by atoms with E-state index >= 15 is 0 Å². The number of amides is 5. The molecule has 14 nitrogen and oxygen atoms in total. The Bertz CT molecular complexity index is 2240. The topological polar surface area (TPSA) is 159 Å². The number of benzene rings is 3. The normalized spacial score (nSPS) is 24.1. The Morgan fingerprint density at radius 3 is 1.97 bits per heavy atom. The van der Waals surface area contributed by atoms with Crippen molar-refractivity contribution in [2.24, 2.45) is 10.8 Å². The third-order valence-electron chi connectivity index (χ3n) is 13.2. The fraction of sp³-hybridized carbons (Fsp3) is 0.467. The number of carbonyl (C=O) groups excluding carboxylic acids is 5. The second kappa shape index (κ2) is 16.2. The summed E-state index contributed by atoms with van der Waals surface area (Å²) < 4.78 is 6.38. The van der Waals surface area contributed by atoms with Crippen LogP contribution >= 0.6 is 11.6 Å². The van der Waals surface area contributed by atoms with E-state index in [-0.39, 0.29) is 41.7 Å². The fourth-order valence-corrected chi connectivity index (χ4v) is 10.2. The maximum absolute atomic E-state index is 13.5. The van der Waals surface area contributed by atoms with Crippen LogP contribution in [0.5, 0.6) is 5.75 Å². The highest BCUT2D eigenvalue weighted by Gasteiger charge is 2.64. The third-order valence-corrected chi connectivity index (χ3v) is 13.5. The summed E-state index contributed by atoms with van der Waals surface area (Å²) in [6.45, 7) is 17.3.